The Balaban J connectivity index is 1.59. The average Bonchev–Trinajstić information content (AvgIpc) is 3.12. The van der Waals surface area contributed by atoms with Crippen molar-refractivity contribution in [3.05, 3.63) is 58.7 Å². The van der Waals surface area contributed by atoms with Gasteiger partial charge in [0, 0.05) is 0 Å². The summed E-state index contributed by atoms with van der Waals surface area (Å²) in [6, 6.07) is 10.9. The standard InChI is InChI=1S/C21H26N2O4S/c1-14(2)19-10-7-15(3)11-20(19)27-13-21(24)22-23-28(25,26)18-9-8-16-5-4-6-17(16)12-18/h7-12,14,23H,4-6,13H2,1-3H3,(H,22,24). The highest BCUT2D eigenvalue weighted by atomic mass is 32.2. The van der Waals surface area contributed by atoms with Crippen LogP contribution in [0.3, 0.4) is 0 Å². The highest BCUT2D eigenvalue weighted by Gasteiger charge is 2.19. The number of rotatable bonds is 7. The minimum Gasteiger partial charge on any atom is -0.483 e. The van der Waals surface area contributed by atoms with E-state index in [2.05, 4.69) is 10.3 Å². The largest absolute Gasteiger partial charge is 0.483 e. The number of hydrogen-bond acceptors (Lipinski definition) is 4. The van der Waals surface area contributed by atoms with Crippen LogP contribution in [-0.4, -0.2) is 20.9 Å². The second-order valence-corrected chi connectivity index (χ2v) is 9.10. The van der Waals surface area contributed by atoms with Crippen LogP contribution >= 0.6 is 0 Å². The smallest absolute Gasteiger partial charge is 0.272 e. The third-order valence-corrected chi connectivity index (χ3v) is 6.10. The molecule has 0 bridgehead atoms. The first kappa shape index (κ1) is 20.4. The summed E-state index contributed by atoms with van der Waals surface area (Å²) in [6.45, 7) is 5.75. The average molecular weight is 403 g/mol. The van der Waals surface area contributed by atoms with Crippen molar-refractivity contribution in [2.24, 2.45) is 0 Å². The number of sulfonamides is 1. The minimum atomic E-state index is -3.83. The van der Waals surface area contributed by atoms with Crippen molar-refractivity contribution in [1.29, 1.82) is 0 Å². The van der Waals surface area contributed by atoms with Crippen molar-refractivity contribution < 1.29 is 17.9 Å². The number of amides is 1. The van der Waals surface area contributed by atoms with Crippen LogP contribution in [0.2, 0.25) is 0 Å². The van der Waals surface area contributed by atoms with Crippen LogP contribution in [0.5, 0.6) is 5.75 Å². The van der Waals surface area contributed by atoms with E-state index in [0.717, 1.165) is 36.0 Å². The number of ether oxygens (including phenoxy) is 1. The first-order chi connectivity index (χ1) is 13.3. The van der Waals surface area contributed by atoms with Crippen LogP contribution in [0.1, 0.15) is 48.4 Å². The Kier molecular flexibility index (Phi) is 6.05. The van der Waals surface area contributed by atoms with E-state index in [1.54, 1.807) is 12.1 Å². The minimum absolute atomic E-state index is 0.148. The number of hydrogen-bond donors (Lipinski definition) is 2. The van der Waals surface area contributed by atoms with E-state index in [4.69, 9.17) is 4.74 Å². The molecule has 0 fully saturated rings. The van der Waals surface area contributed by atoms with E-state index in [1.165, 1.54) is 5.56 Å². The molecule has 1 aliphatic carbocycles. The molecule has 3 rings (SSSR count). The summed E-state index contributed by atoms with van der Waals surface area (Å²) >= 11 is 0. The summed E-state index contributed by atoms with van der Waals surface area (Å²) in [5, 5.41) is 0. The van der Waals surface area contributed by atoms with Crippen LogP contribution in [0.15, 0.2) is 41.3 Å². The lowest BCUT2D eigenvalue weighted by Crippen LogP contribution is -2.43. The van der Waals surface area contributed by atoms with Gasteiger partial charge in [0.15, 0.2) is 6.61 Å². The van der Waals surface area contributed by atoms with E-state index in [1.807, 2.05) is 45.0 Å². The SMILES string of the molecule is Cc1ccc(C(C)C)c(OCC(=O)NNS(=O)(=O)c2ccc3c(c2)CCC3)c1. The van der Waals surface area contributed by atoms with E-state index in [-0.39, 0.29) is 17.4 Å². The van der Waals surface area contributed by atoms with E-state index >= 15 is 0 Å². The van der Waals surface area contributed by atoms with Gasteiger partial charge in [-0.1, -0.05) is 32.0 Å². The van der Waals surface area contributed by atoms with Gasteiger partial charge in [-0.25, -0.2) is 8.42 Å². The molecule has 0 aliphatic heterocycles. The Hall–Kier alpha value is -2.38. The van der Waals surface area contributed by atoms with Crippen molar-refractivity contribution in [2.75, 3.05) is 6.61 Å². The fourth-order valence-electron chi connectivity index (χ4n) is 3.32. The number of hydrazine groups is 1. The van der Waals surface area contributed by atoms with Crippen molar-refractivity contribution in [2.45, 2.75) is 50.8 Å². The Morgan fingerprint density at radius 2 is 1.86 bits per heavy atom. The van der Waals surface area contributed by atoms with Gasteiger partial charge in [0.2, 0.25) is 0 Å². The fraction of sp³-hybridized carbons (Fsp3) is 0.381. The lowest BCUT2D eigenvalue weighted by molar-refractivity contribution is -0.123. The normalized spacial score (nSPS) is 13.4. The molecule has 0 radical (unpaired) electrons. The van der Waals surface area contributed by atoms with Crippen LogP contribution in [-0.2, 0) is 27.7 Å². The number of nitrogens with one attached hydrogen (secondary N) is 2. The molecule has 2 N–H and O–H groups in total. The second kappa shape index (κ2) is 8.32. The summed E-state index contributed by atoms with van der Waals surface area (Å²) in [4.78, 5) is 14.4. The molecule has 1 aliphatic rings. The fourth-order valence-corrected chi connectivity index (χ4v) is 4.23. The molecule has 0 atom stereocenters. The van der Waals surface area contributed by atoms with Crippen molar-refractivity contribution in [3.63, 3.8) is 0 Å². The molecule has 0 saturated heterocycles. The van der Waals surface area contributed by atoms with E-state index in [0.29, 0.717) is 5.75 Å². The quantitative estimate of drug-likeness (QED) is 0.698. The summed E-state index contributed by atoms with van der Waals surface area (Å²) in [5.41, 5.74) is 6.49. The van der Waals surface area contributed by atoms with Gasteiger partial charge in [-0.2, -0.15) is 0 Å². The van der Waals surface area contributed by atoms with Crippen LogP contribution in [0.4, 0.5) is 0 Å². The Morgan fingerprint density at radius 3 is 2.61 bits per heavy atom. The molecule has 0 heterocycles. The first-order valence-electron chi connectivity index (χ1n) is 9.42. The molecule has 150 valence electrons. The van der Waals surface area contributed by atoms with Crippen molar-refractivity contribution in [1.82, 2.24) is 10.3 Å². The van der Waals surface area contributed by atoms with Crippen LogP contribution < -0.4 is 15.0 Å². The molecule has 2 aromatic carbocycles. The summed E-state index contributed by atoms with van der Waals surface area (Å²) < 4.78 is 30.5. The molecule has 1 amide bonds. The summed E-state index contributed by atoms with van der Waals surface area (Å²) in [6.07, 6.45) is 2.90. The third-order valence-electron chi connectivity index (χ3n) is 4.85. The molecule has 7 heteroatoms. The zero-order chi connectivity index (χ0) is 20.3. The second-order valence-electron chi connectivity index (χ2n) is 7.42. The van der Waals surface area contributed by atoms with Crippen molar-refractivity contribution >= 4 is 15.9 Å². The van der Waals surface area contributed by atoms with Gasteiger partial charge in [-0.15, -0.1) is 4.83 Å². The van der Waals surface area contributed by atoms with Crippen LogP contribution in [0.25, 0.3) is 0 Å². The number of fused-ring (bicyclic) bond motifs is 1. The first-order valence-corrected chi connectivity index (χ1v) is 10.9. The zero-order valence-electron chi connectivity index (χ0n) is 16.4. The molecule has 28 heavy (non-hydrogen) atoms. The molecular weight excluding hydrogens is 376 g/mol. The highest BCUT2D eigenvalue weighted by molar-refractivity contribution is 7.89. The number of carbonyl (C=O) groups is 1. The Labute approximate surface area is 166 Å². The predicted molar refractivity (Wildman–Crippen MR) is 108 cm³/mol. The lowest BCUT2D eigenvalue weighted by atomic mass is 10.0. The zero-order valence-corrected chi connectivity index (χ0v) is 17.2. The molecule has 2 aromatic rings. The van der Waals surface area contributed by atoms with Crippen LogP contribution in [0, 0.1) is 6.92 Å². The van der Waals surface area contributed by atoms with Gasteiger partial charge < -0.3 is 4.74 Å². The van der Waals surface area contributed by atoms with Gasteiger partial charge in [0.05, 0.1) is 4.90 Å². The van der Waals surface area contributed by atoms with Gasteiger partial charge in [0.1, 0.15) is 5.75 Å². The maximum atomic E-state index is 12.4. The summed E-state index contributed by atoms with van der Waals surface area (Å²) in [5.74, 6) is 0.310. The van der Waals surface area contributed by atoms with Gasteiger partial charge in [-0.05, 0) is 72.6 Å². The maximum Gasteiger partial charge on any atom is 0.272 e. The number of aryl methyl sites for hydroxylation is 3. The molecular formula is C21H26N2O4S. The predicted octanol–water partition coefficient (Wildman–Crippen LogP) is 3.00. The van der Waals surface area contributed by atoms with E-state index < -0.39 is 15.9 Å². The highest BCUT2D eigenvalue weighted by Crippen LogP contribution is 2.27. The Morgan fingerprint density at radius 1 is 1.11 bits per heavy atom. The topological polar surface area (TPSA) is 84.5 Å². The molecule has 6 nitrogen and oxygen atoms in total. The monoisotopic (exact) mass is 402 g/mol. The number of benzene rings is 2. The molecule has 0 saturated carbocycles. The van der Waals surface area contributed by atoms with Gasteiger partial charge in [-0.3, -0.25) is 10.2 Å². The van der Waals surface area contributed by atoms with Gasteiger partial charge >= 0.3 is 0 Å². The third kappa shape index (κ3) is 4.72. The lowest BCUT2D eigenvalue weighted by Gasteiger charge is -2.15. The Bertz CT molecular complexity index is 984. The molecule has 0 unspecified atom stereocenters. The molecule has 0 aromatic heterocycles. The summed E-state index contributed by atoms with van der Waals surface area (Å²) in [7, 11) is -3.83. The maximum absolute atomic E-state index is 12.4. The van der Waals surface area contributed by atoms with Gasteiger partial charge in [0.25, 0.3) is 15.9 Å². The molecule has 0 spiro atoms. The van der Waals surface area contributed by atoms with Crippen molar-refractivity contribution in [3.8, 4) is 5.75 Å². The number of carbonyl (C=O) groups excluding carboxylic acids is 1. The van der Waals surface area contributed by atoms with E-state index in [9.17, 15) is 13.2 Å².